The van der Waals surface area contributed by atoms with Gasteiger partial charge in [0.1, 0.15) is 10.9 Å². The number of ether oxygens (including phenoxy) is 2. The summed E-state index contributed by atoms with van der Waals surface area (Å²) in [5, 5.41) is 0.342. The van der Waals surface area contributed by atoms with Gasteiger partial charge in [-0.1, -0.05) is 23.7 Å². The van der Waals surface area contributed by atoms with Gasteiger partial charge in [0.15, 0.2) is 0 Å². The normalized spacial score (nSPS) is 10.1. The molecule has 4 nitrogen and oxygen atoms in total. The van der Waals surface area contributed by atoms with Crippen LogP contribution in [0.5, 0.6) is 11.8 Å². The number of nitrogens with zero attached hydrogens (tertiary/aromatic N) is 2. The number of aromatic nitrogens is 2. The van der Waals surface area contributed by atoms with Crippen LogP contribution in [0.2, 0.25) is 5.15 Å². The summed E-state index contributed by atoms with van der Waals surface area (Å²) < 4.78 is 10.1. The third-order valence-corrected chi connectivity index (χ3v) is 2.42. The molecular weight excluding hydrogens is 240 g/mol. The van der Waals surface area contributed by atoms with Gasteiger partial charge in [-0.25, -0.2) is 0 Å². The molecule has 0 bridgehead atoms. The van der Waals surface area contributed by atoms with Crippen molar-refractivity contribution in [1.82, 2.24) is 9.97 Å². The molecule has 2 aromatic rings. The number of rotatable bonds is 3. The third kappa shape index (κ3) is 2.65. The molecule has 1 aromatic carbocycles. The number of hydrogen-bond donors (Lipinski definition) is 0. The Kier molecular flexibility index (Phi) is 3.44. The first-order chi connectivity index (χ1) is 8.22. The van der Waals surface area contributed by atoms with Crippen molar-refractivity contribution in [3.8, 4) is 23.0 Å². The van der Waals surface area contributed by atoms with Crippen LogP contribution in [0.15, 0.2) is 30.3 Å². The van der Waals surface area contributed by atoms with Crippen LogP contribution in [0.1, 0.15) is 0 Å². The summed E-state index contributed by atoms with van der Waals surface area (Å²) in [6.45, 7) is 0. The lowest BCUT2D eigenvalue weighted by molar-refractivity contribution is 0.380. The van der Waals surface area contributed by atoms with Crippen LogP contribution in [0.3, 0.4) is 0 Å². The van der Waals surface area contributed by atoms with Gasteiger partial charge in [0.05, 0.1) is 19.9 Å². The molecule has 17 heavy (non-hydrogen) atoms. The highest BCUT2D eigenvalue weighted by atomic mass is 35.5. The van der Waals surface area contributed by atoms with Gasteiger partial charge in [0.2, 0.25) is 0 Å². The van der Waals surface area contributed by atoms with E-state index in [2.05, 4.69) is 9.97 Å². The van der Waals surface area contributed by atoms with Gasteiger partial charge in [-0.3, -0.25) is 0 Å². The summed E-state index contributed by atoms with van der Waals surface area (Å²) in [5.41, 5.74) is 1.59. The Morgan fingerprint density at radius 3 is 2.59 bits per heavy atom. The molecule has 0 aliphatic rings. The second kappa shape index (κ2) is 5.01. The van der Waals surface area contributed by atoms with E-state index in [1.54, 1.807) is 13.2 Å². The Bertz CT molecular complexity index is 532. The Balaban J connectivity index is 2.47. The fraction of sp³-hybridized carbons (Fsp3) is 0.167. The van der Waals surface area contributed by atoms with Crippen molar-refractivity contribution in [2.45, 2.75) is 0 Å². The van der Waals surface area contributed by atoms with E-state index in [1.165, 1.54) is 7.11 Å². The highest BCUT2D eigenvalue weighted by Gasteiger charge is 2.06. The average molecular weight is 251 g/mol. The molecule has 0 radical (unpaired) electrons. The molecule has 0 amide bonds. The van der Waals surface area contributed by atoms with Crippen molar-refractivity contribution >= 4 is 11.6 Å². The Morgan fingerprint density at radius 1 is 1.06 bits per heavy atom. The number of methoxy groups -OCH3 is 2. The second-order valence-electron chi connectivity index (χ2n) is 3.29. The van der Waals surface area contributed by atoms with E-state index >= 15 is 0 Å². The van der Waals surface area contributed by atoms with Gasteiger partial charge < -0.3 is 9.47 Å². The zero-order chi connectivity index (χ0) is 12.3. The number of hydrogen-bond acceptors (Lipinski definition) is 4. The molecule has 1 aromatic heterocycles. The largest absolute Gasteiger partial charge is 0.497 e. The Hall–Kier alpha value is -1.81. The first-order valence-electron chi connectivity index (χ1n) is 4.96. The standard InChI is InChI=1S/C12H11ClN2O2/c1-16-9-5-3-4-8(6-9)10-7-11(13)15-12(14-10)17-2/h3-7H,1-2H3. The van der Waals surface area contributed by atoms with E-state index in [0.29, 0.717) is 10.8 Å². The summed E-state index contributed by atoms with van der Waals surface area (Å²) in [5.74, 6) is 0.760. The lowest BCUT2D eigenvalue weighted by Crippen LogP contribution is -1.94. The molecule has 0 fully saturated rings. The summed E-state index contributed by atoms with van der Waals surface area (Å²) >= 11 is 5.89. The monoisotopic (exact) mass is 250 g/mol. The van der Waals surface area contributed by atoms with Crippen molar-refractivity contribution in [3.63, 3.8) is 0 Å². The fourth-order valence-corrected chi connectivity index (χ4v) is 1.59. The molecule has 0 spiro atoms. The molecule has 88 valence electrons. The molecule has 1 heterocycles. The summed E-state index contributed by atoms with van der Waals surface area (Å²) in [6, 6.07) is 9.47. The maximum absolute atomic E-state index is 5.89. The maximum Gasteiger partial charge on any atom is 0.318 e. The molecule has 0 saturated heterocycles. The first kappa shape index (κ1) is 11.7. The minimum absolute atomic E-state index is 0.246. The van der Waals surface area contributed by atoms with Gasteiger partial charge in [-0.05, 0) is 12.1 Å². The molecule has 2 rings (SSSR count). The lowest BCUT2D eigenvalue weighted by Gasteiger charge is -2.05. The number of benzene rings is 1. The van der Waals surface area contributed by atoms with Crippen LogP contribution in [-0.2, 0) is 0 Å². The molecule has 0 aliphatic carbocycles. The molecule has 0 N–H and O–H groups in total. The van der Waals surface area contributed by atoms with Crippen molar-refractivity contribution < 1.29 is 9.47 Å². The molecule has 0 unspecified atom stereocenters. The molecule has 0 atom stereocenters. The Morgan fingerprint density at radius 2 is 1.88 bits per heavy atom. The van der Waals surface area contributed by atoms with Crippen LogP contribution in [0.4, 0.5) is 0 Å². The van der Waals surface area contributed by atoms with Crippen LogP contribution in [0, 0.1) is 0 Å². The minimum Gasteiger partial charge on any atom is -0.497 e. The van der Waals surface area contributed by atoms with E-state index in [4.69, 9.17) is 21.1 Å². The van der Waals surface area contributed by atoms with Gasteiger partial charge in [0.25, 0.3) is 0 Å². The average Bonchev–Trinajstić information content (AvgIpc) is 2.38. The zero-order valence-electron chi connectivity index (χ0n) is 9.48. The predicted molar refractivity (Wildman–Crippen MR) is 65.6 cm³/mol. The summed E-state index contributed by atoms with van der Waals surface area (Å²) in [4.78, 5) is 8.15. The lowest BCUT2D eigenvalue weighted by atomic mass is 10.1. The van der Waals surface area contributed by atoms with Crippen molar-refractivity contribution in [2.24, 2.45) is 0 Å². The minimum atomic E-state index is 0.246. The van der Waals surface area contributed by atoms with E-state index < -0.39 is 0 Å². The first-order valence-corrected chi connectivity index (χ1v) is 5.33. The van der Waals surface area contributed by atoms with Crippen LogP contribution < -0.4 is 9.47 Å². The highest BCUT2D eigenvalue weighted by molar-refractivity contribution is 6.29. The van der Waals surface area contributed by atoms with Crippen LogP contribution in [0.25, 0.3) is 11.3 Å². The van der Waals surface area contributed by atoms with Gasteiger partial charge in [-0.15, -0.1) is 0 Å². The van der Waals surface area contributed by atoms with Crippen LogP contribution >= 0.6 is 11.6 Å². The third-order valence-electron chi connectivity index (χ3n) is 2.22. The predicted octanol–water partition coefficient (Wildman–Crippen LogP) is 2.81. The van der Waals surface area contributed by atoms with Crippen molar-refractivity contribution in [2.75, 3.05) is 14.2 Å². The topological polar surface area (TPSA) is 44.2 Å². The zero-order valence-corrected chi connectivity index (χ0v) is 10.2. The quantitative estimate of drug-likeness (QED) is 0.786. The second-order valence-corrected chi connectivity index (χ2v) is 3.68. The van der Waals surface area contributed by atoms with Crippen LogP contribution in [-0.4, -0.2) is 24.2 Å². The summed E-state index contributed by atoms with van der Waals surface area (Å²) in [6.07, 6.45) is 0. The van der Waals surface area contributed by atoms with Gasteiger partial charge in [0, 0.05) is 11.6 Å². The molecule has 0 saturated carbocycles. The van der Waals surface area contributed by atoms with E-state index in [1.807, 2.05) is 24.3 Å². The molecular formula is C12H11ClN2O2. The smallest absolute Gasteiger partial charge is 0.318 e. The maximum atomic E-state index is 5.89. The van der Waals surface area contributed by atoms with E-state index in [-0.39, 0.29) is 6.01 Å². The van der Waals surface area contributed by atoms with Gasteiger partial charge >= 0.3 is 6.01 Å². The molecule has 0 aliphatic heterocycles. The van der Waals surface area contributed by atoms with E-state index in [9.17, 15) is 0 Å². The summed E-state index contributed by atoms with van der Waals surface area (Å²) in [7, 11) is 3.12. The highest BCUT2D eigenvalue weighted by Crippen LogP contribution is 2.25. The SMILES string of the molecule is COc1cccc(-c2cc(Cl)nc(OC)n2)c1. The fourth-order valence-electron chi connectivity index (χ4n) is 1.42. The molecule has 5 heteroatoms. The van der Waals surface area contributed by atoms with Crippen molar-refractivity contribution in [1.29, 1.82) is 0 Å². The number of halogens is 1. The van der Waals surface area contributed by atoms with Gasteiger partial charge in [-0.2, -0.15) is 9.97 Å². The Labute approximate surface area is 104 Å². The van der Waals surface area contributed by atoms with E-state index in [0.717, 1.165) is 11.3 Å². The van der Waals surface area contributed by atoms with Crippen molar-refractivity contribution in [3.05, 3.63) is 35.5 Å².